The smallest absolute Gasteiger partial charge is 0.0606 e. The topological polar surface area (TPSA) is 38.9 Å². The van der Waals surface area contributed by atoms with Gasteiger partial charge in [-0.2, -0.15) is 0 Å². The molecule has 0 aliphatic rings. The fourth-order valence-corrected chi connectivity index (χ4v) is 2.68. The van der Waals surface area contributed by atoms with E-state index in [1.54, 1.807) is 6.20 Å². The average molecular weight is 295 g/mol. The summed E-state index contributed by atoms with van der Waals surface area (Å²) < 4.78 is 0. The summed E-state index contributed by atoms with van der Waals surface area (Å²) in [6, 6.07) is 9.27. The first kappa shape index (κ1) is 14.3. The summed E-state index contributed by atoms with van der Waals surface area (Å²) in [5.41, 5.74) is 9.22. The second-order valence-corrected chi connectivity index (χ2v) is 5.23. The van der Waals surface area contributed by atoms with Gasteiger partial charge in [0.1, 0.15) is 0 Å². The van der Waals surface area contributed by atoms with Crippen LogP contribution in [0.1, 0.15) is 29.8 Å². The van der Waals surface area contributed by atoms with Crippen LogP contribution in [-0.4, -0.2) is 4.98 Å². The number of nitrogens with zero attached hydrogens (tertiary/aromatic N) is 1. The molecule has 0 aliphatic carbocycles. The first-order chi connectivity index (χ1) is 9.13. The zero-order valence-electron chi connectivity index (χ0n) is 10.7. The molecule has 1 unspecified atom stereocenters. The zero-order chi connectivity index (χ0) is 13.8. The van der Waals surface area contributed by atoms with Gasteiger partial charge in [0.05, 0.1) is 11.7 Å². The Morgan fingerprint density at radius 2 is 1.84 bits per heavy atom. The van der Waals surface area contributed by atoms with Gasteiger partial charge in [-0.25, -0.2) is 0 Å². The van der Waals surface area contributed by atoms with Crippen molar-refractivity contribution in [3.8, 4) is 0 Å². The van der Waals surface area contributed by atoms with E-state index >= 15 is 0 Å². The summed E-state index contributed by atoms with van der Waals surface area (Å²) >= 11 is 12.3. The monoisotopic (exact) mass is 294 g/mol. The van der Waals surface area contributed by atoms with E-state index < -0.39 is 0 Å². The zero-order valence-corrected chi connectivity index (χ0v) is 12.2. The lowest BCUT2D eigenvalue weighted by atomic mass is 9.99. The van der Waals surface area contributed by atoms with Gasteiger partial charge in [-0.05, 0) is 42.2 Å². The lowest BCUT2D eigenvalue weighted by molar-refractivity contribution is 0.685. The molecule has 1 atom stereocenters. The number of hydrogen-bond acceptors (Lipinski definition) is 2. The molecule has 0 bridgehead atoms. The second kappa shape index (κ2) is 6.38. The predicted octanol–water partition coefficient (Wildman–Crippen LogP) is 4.19. The molecule has 1 aromatic carbocycles. The Kier molecular flexibility index (Phi) is 4.81. The number of rotatable bonds is 4. The largest absolute Gasteiger partial charge is 0.322 e. The van der Waals surface area contributed by atoms with Crippen molar-refractivity contribution in [3.05, 3.63) is 63.4 Å². The van der Waals surface area contributed by atoms with Gasteiger partial charge in [0, 0.05) is 16.2 Å². The Morgan fingerprint density at radius 1 is 1.16 bits per heavy atom. The van der Waals surface area contributed by atoms with Gasteiger partial charge in [-0.1, -0.05) is 42.3 Å². The molecule has 2 aromatic rings. The van der Waals surface area contributed by atoms with Gasteiger partial charge in [0.2, 0.25) is 0 Å². The van der Waals surface area contributed by atoms with Crippen LogP contribution in [0.25, 0.3) is 0 Å². The Balaban J connectivity index is 2.28. The molecule has 100 valence electrons. The quantitative estimate of drug-likeness (QED) is 0.918. The Bertz CT molecular complexity index is 550. The lowest BCUT2D eigenvalue weighted by Gasteiger charge is -2.16. The highest BCUT2D eigenvalue weighted by atomic mass is 35.5. The second-order valence-electron chi connectivity index (χ2n) is 4.41. The van der Waals surface area contributed by atoms with Crippen molar-refractivity contribution in [1.29, 1.82) is 0 Å². The first-order valence-electron chi connectivity index (χ1n) is 6.25. The van der Waals surface area contributed by atoms with Gasteiger partial charge < -0.3 is 5.73 Å². The van der Waals surface area contributed by atoms with Gasteiger partial charge in [0.15, 0.2) is 0 Å². The highest BCUT2D eigenvalue weighted by Gasteiger charge is 2.15. The summed E-state index contributed by atoms with van der Waals surface area (Å²) in [4.78, 5) is 4.39. The maximum atomic E-state index is 6.26. The van der Waals surface area contributed by atoms with E-state index in [2.05, 4.69) is 18.0 Å². The highest BCUT2D eigenvalue weighted by Crippen LogP contribution is 2.28. The molecule has 2 N–H and O–H groups in total. The molecule has 19 heavy (non-hydrogen) atoms. The third-order valence-electron chi connectivity index (χ3n) is 3.14. The van der Waals surface area contributed by atoms with E-state index in [1.165, 1.54) is 0 Å². The number of aromatic nitrogens is 1. The van der Waals surface area contributed by atoms with Crippen LogP contribution >= 0.6 is 23.2 Å². The van der Waals surface area contributed by atoms with Crippen molar-refractivity contribution in [3.63, 3.8) is 0 Å². The molecule has 4 heteroatoms. The van der Waals surface area contributed by atoms with Crippen LogP contribution < -0.4 is 5.73 Å². The van der Waals surface area contributed by atoms with E-state index in [9.17, 15) is 0 Å². The molecular formula is C15H16Cl2N2. The van der Waals surface area contributed by atoms with Crippen molar-refractivity contribution in [2.24, 2.45) is 5.73 Å². The summed E-state index contributed by atoms with van der Waals surface area (Å²) in [6.07, 6.45) is 3.26. The molecule has 0 saturated heterocycles. The van der Waals surface area contributed by atoms with Crippen LogP contribution in [0.3, 0.4) is 0 Å². The minimum Gasteiger partial charge on any atom is -0.322 e. The normalized spacial score (nSPS) is 12.4. The van der Waals surface area contributed by atoms with Crippen LogP contribution in [0, 0.1) is 0 Å². The SMILES string of the molecule is CCc1cccnc1C(N)Cc1c(Cl)cccc1Cl. The van der Waals surface area contributed by atoms with Crippen molar-refractivity contribution in [2.45, 2.75) is 25.8 Å². The fraction of sp³-hybridized carbons (Fsp3) is 0.267. The summed E-state index contributed by atoms with van der Waals surface area (Å²) in [7, 11) is 0. The van der Waals surface area contributed by atoms with Crippen molar-refractivity contribution in [2.75, 3.05) is 0 Å². The van der Waals surface area contributed by atoms with Crippen molar-refractivity contribution < 1.29 is 0 Å². The van der Waals surface area contributed by atoms with E-state index in [0.29, 0.717) is 16.5 Å². The van der Waals surface area contributed by atoms with Crippen LogP contribution in [0.4, 0.5) is 0 Å². The first-order valence-corrected chi connectivity index (χ1v) is 7.01. The van der Waals surface area contributed by atoms with Crippen molar-refractivity contribution in [1.82, 2.24) is 4.98 Å². The Hall–Kier alpha value is -1.09. The molecule has 1 heterocycles. The molecule has 1 aromatic heterocycles. The van der Waals surface area contributed by atoms with Crippen LogP contribution in [0.5, 0.6) is 0 Å². The maximum Gasteiger partial charge on any atom is 0.0606 e. The minimum absolute atomic E-state index is 0.200. The van der Waals surface area contributed by atoms with E-state index in [-0.39, 0.29) is 6.04 Å². The van der Waals surface area contributed by atoms with E-state index in [0.717, 1.165) is 23.2 Å². The molecule has 0 amide bonds. The molecule has 0 spiro atoms. The van der Waals surface area contributed by atoms with Crippen LogP contribution in [-0.2, 0) is 12.8 Å². The number of nitrogens with two attached hydrogens (primary N) is 1. The predicted molar refractivity (Wildman–Crippen MR) is 80.7 cm³/mol. The number of aryl methyl sites for hydroxylation is 1. The average Bonchev–Trinajstić information content (AvgIpc) is 2.42. The standard InChI is InChI=1S/C15H16Cl2N2/c1-2-10-5-4-8-19-15(10)14(18)9-11-12(16)6-3-7-13(11)17/h3-8,14H,2,9,18H2,1H3. The third kappa shape index (κ3) is 3.27. The molecule has 0 radical (unpaired) electrons. The maximum absolute atomic E-state index is 6.26. The van der Waals surface area contributed by atoms with Gasteiger partial charge in [0.25, 0.3) is 0 Å². The summed E-state index contributed by atoms with van der Waals surface area (Å²) in [5, 5.41) is 1.30. The molecule has 0 aliphatic heterocycles. The van der Waals surface area contributed by atoms with Crippen LogP contribution in [0.2, 0.25) is 10.0 Å². The molecule has 0 fully saturated rings. The summed E-state index contributed by atoms with van der Waals surface area (Å²) in [5.74, 6) is 0. The van der Waals surface area contributed by atoms with Gasteiger partial charge >= 0.3 is 0 Å². The van der Waals surface area contributed by atoms with E-state index in [1.807, 2.05) is 24.3 Å². The minimum atomic E-state index is -0.200. The van der Waals surface area contributed by atoms with Crippen LogP contribution in [0.15, 0.2) is 36.5 Å². The number of halogens is 2. The molecule has 2 nitrogen and oxygen atoms in total. The third-order valence-corrected chi connectivity index (χ3v) is 3.85. The van der Waals surface area contributed by atoms with E-state index in [4.69, 9.17) is 28.9 Å². The fourth-order valence-electron chi connectivity index (χ4n) is 2.13. The summed E-state index contributed by atoms with van der Waals surface area (Å²) in [6.45, 7) is 2.09. The van der Waals surface area contributed by atoms with Gasteiger partial charge in [-0.3, -0.25) is 4.98 Å². The Labute approximate surface area is 123 Å². The van der Waals surface area contributed by atoms with Gasteiger partial charge in [-0.15, -0.1) is 0 Å². The highest BCUT2D eigenvalue weighted by molar-refractivity contribution is 6.36. The molecular weight excluding hydrogens is 279 g/mol. The number of pyridine rings is 1. The van der Waals surface area contributed by atoms with Crippen molar-refractivity contribution >= 4 is 23.2 Å². The Morgan fingerprint density at radius 3 is 2.47 bits per heavy atom. The molecule has 0 saturated carbocycles. The number of hydrogen-bond donors (Lipinski definition) is 1. The lowest BCUT2D eigenvalue weighted by Crippen LogP contribution is -2.17. The molecule has 2 rings (SSSR count). The number of benzene rings is 1.